The number of hydrogen-bond acceptors (Lipinski definition) is 7. The van der Waals surface area contributed by atoms with Crippen LogP contribution in [0.4, 0.5) is 24.8 Å². The maximum Gasteiger partial charge on any atom is 0.420 e. The second kappa shape index (κ2) is 8.29. The molecule has 0 aliphatic carbocycles. The van der Waals surface area contributed by atoms with Gasteiger partial charge in [0.1, 0.15) is 5.56 Å². The molecule has 3 heterocycles. The predicted molar refractivity (Wildman–Crippen MR) is 118 cm³/mol. The molecule has 32 heavy (non-hydrogen) atoms. The van der Waals surface area contributed by atoms with Crippen molar-refractivity contribution >= 4 is 44.4 Å². The van der Waals surface area contributed by atoms with E-state index in [1.807, 2.05) is 6.07 Å². The maximum absolute atomic E-state index is 13.6. The number of sulfone groups is 1. The second-order valence-corrected chi connectivity index (χ2v) is 11.1. The van der Waals surface area contributed by atoms with E-state index >= 15 is 0 Å². The van der Waals surface area contributed by atoms with Gasteiger partial charge in [0.05, 0.1) is 26.2 Å². The van der Waals surface area contributed by atoms with Crippen LogP contribution in [0.5, 0.6) is 0 Å². The zero-order valence-electron chi connectivity index (χ0n) is 17.0. The number of thiophene rings is 1. The number of fused-ring (bicyclic) bond motifs is 1. The SMILES string of the molecule is Cc1sc(-c2nc(Nc3cc4c(cc3Cl)CNCC4)ncc2C(F)(F)F)cc1S(C)(=O)=O. The van der Waals surface area contributed by atoms with Gasteiger partial charge in [-0.05, 0) is 49.2 Å². The fourth-order valence-electron chi connectivity index (χ4n) is 3.51. The molecule has 2 N–H and O–H groups in total. The van der Waals surface area contributed by atoms with Crippen molar-refractivity contribution in [2.75, 3.05) is 18.1 Å². The smallest absolute Gasteiger partial charge is 0.323 e. The first kappa shape index (κ1) is 23.0. The highest BCUT2D eigenvalue weighted by atomic mass is 35.5. The Morgan fingerprint density at radius 2 is 1.97 bits per heavy atom. The molecular formula is C20H18ClF3N4O2S2. The number of alkyl halides is 3. The molecule has 0 radical (unpaired) electrons. The second-order valence-electron chi connectivity index (χ2n) is 7.41. The summed E-state index contributed by atoms with van der Waals surface area (Å²) in [5, 5.41) is 6.55. The van der Waals surface area contributed by atoms with Crippen molar-refractivity contribution in [3.8, 4) is 10.6 Å². The summed E-state index contributed by atoms with van der Waals surface area (Å²) in [6.45, 7) is 3.05. The molecule has 1 aromatic carbocycles. The lowest BCUT2D eigenvalue weighted by atomic mass is 10.0. The zero-order valence-corrected chi connectivity index (χ0v) is 19.4. The molecule has 0 spiro atoms. The highest BCUT2D eigenvalue weighted by Gasteiger charge is 2.36. The minimum absolute atomic E-state index is 0.0231. The van der Waals surface area contributed by atoms with E-state index in [-0.39, 0.29) is 15.7 Å². The number of benzene rings is 1. The predicted octanol–water partition coefficient (Wildman–Crippen LogP) is 4.98. The normalized spacial score (nSPS) is 14.3. The van der Waals surface area contributed by atoms with Gasteiger partial charge in [0.2, 0.25) is 5.95 Å². The Morgan fingerprint density at radius 3 is 2.62 bits per heavy atom. The number of halogens is 4. The Hall–Kier alpha value is -2.21. The van der Waals surface area contributed by atoms with Gasteiger partial charge in [-0.3, -0.25) is 0 Å². The number of rotatable bonds is 4. The first-order valence-corrected chi connectivity index (χ1v) is 12.6. The van der Waals surface area contributed by atoms with Gasteiger partial charge in [-0.25, -0.2) is 18.4 Å². The maximum atomic E-state index is 13.6. The Bertz CT molecular complexity index is 1310. The van der Waals surface area contributed by atoms with E-state index < -0.39 is 27.3 Å². The van der Waals surface area contributed by atoms with Gasteiger partial charge < -0.3 is 10.6 Å². The van der Waals surface area contributed by atoms with Gasteiger partial charge in [-0.1, -0.05) is 11.6 Å². The molecule has 0 amide bonds. The summed E-state index contributed by atoms with van der Waals surface area (Å²) < 4.78 is 64.9. The fourth-order valence-corrected chi connectivity index (χ4v) is 6.17. The molecular weight excluding hydrogens is 485 g/mol. The van der Waals surface area contributed by atoms with Gasteiger partial charge in [0, 0.05) is 23.9 Å². The van der Waals surface area contributed by atoms with Gasteiger partial charge in [0.15, 0.2) is 9.84 Å². The van der Waals surface area contributed by atoms with Crippen molar-refractivity contribution in [3.63, 3.8) is 0 Å². The van der Waals surface area contributed by atoms with Crippen LogP contribution in [0.3, 0.4) is 0 Å². The molecule has 0 unspecified atom stereocenters. The molecule has 3 aromatic rings. The summed E-state index contributed by atoms with van der Waals surface area (Å²) in [6, 6.07) is 4.86. The monoisotopic (exact) mass is 502 g/mol. The van der Waals surface area contributed by atoms with E-state index in [0.29, 0.717) is 28.3 Å². The van der Waals surface area contributed by atoms with Crippen molar-refractivity contribution in [2.24, 2.45) is 0 Å². The van der Waals surface area contributed by atoms with E-state index in [9.17, 15) is 21.6 Å². The van der Waals surface area contributed by atoms with Crippen LogP contribution >= 0.6 is 22.9 Å². The van der Waals surface area contributed by atoms with E-state index in [4.69, 9.17) is 11.6 Å². The number of aryl methyl sites for hydroxylation is 1. The summed E-state index contributed by atoms with van der Waals surface area (Å²) in [4.78, 5) is 8.38. The molecule has 1 aliphatic heterocycles. The molecule has 0 fully saturated rings. The minimum atomic E-state index is -4.71. The molecule has 0 bridgehead atoms. The van der Waals surface area contributed by atoms with Gasteiger partial charge in [-0.2, -0.15) is 13.2 Å². The topological polar surface area (TPSA) is 84.0 Å². The molecule has 0 saturated carbocycles. The van der Waals surface area contributed by atoms with Crippen molar-refractivity contribution in [1.29, 1.82) is 0 Å². The number of nitrogens with zero attached hydrogens (tertiary/aromatic N) is 2. The summed E-state index contributed by atoms with van der Waals surface area (Å²) in [5.41, 5.74) is 1.18. The fraction of sp³-hybridized carbons (Fsp3) is 0.300. The molecule has 1 aliphatic rings. The Balaban J connectivity index is 1.78. The van der Waals surface area contributed by atoms with Crippen molar-refractivity contribution in [3.05, 3.63) is 51.0 Å². The van der Waals surface area contributed by atoms with E-state index in [1.54, 1.807) is 13.0 Å². The molecule has 6 nitrogen and oxygen atoms in total. The average molecular weight is 503 g/mol. The van der Waals surface area contributed by atoms with Crippen LogP contribution in [0.2, 0.25) is 5.02 Å². The van der Waals surface area contributed by atoms with Gasteiger partial charge >= 0.3 is 6.18 Å². The highest BCUT2D eigenvalue weighted by Crippen LogP contribution is 2.41. The molecule has 0 saturated heterocycles. The van der Waals surface area contributed by atoms with Crippen LogP contribution in [0.15, 0.2) is 29.3 Å². The number of anilines is 2. The average Bonchev–Trinajstić information content (AvgIpc) is 3.10. The van der Waals surface area contributed by atoms with Gasteiger partial charge in [-0.15, -0.1) is 11.3 Å². The number of hydrogen-bond donors (Lipinski definition) is 2. The third-order valence-corrected chi connectivity index (χ3v) is 7.74. The lowest BCUT2D eigenvalue weighted by molar-refractivity contribution is -0.137. The van der Waals surface area contributed by atoms with Crippen molar-refractivity contribution < 1.29 is 21.6 Å². The summed E-state index contributed by atoms with van der Waals surface area (Å²) >= 11 is 7.29. The van der Waals surface area contributed by atoms with Gasteiger partial charge in [0.25, 0.3) is 0 Å². The Morgan fingerprint density at radius 1 is 1.22 bits per heavy atom. The first-order valence-electron chi connectivity index (χ1n) is 9.47. The molecule has 4 rings (SSSR count). The van der Waals surface area contributed by atoms with Crippen LogP contribution in [0.25, 0.3) is 10.6 Å². The van der Waals surface area contributed by atoms with Crippen molar-refractivity contribution in [1.82, 2.24) is 15.3 Å². The highest BCUT2D eigenvalue weighted by molar-refractivity contribution is 7.91. The van der Waals surface area contributed by atoms with E-state index in [2.05, 4.69) is 20.6 Å². The van der Waals surface area contributed by atoms with Crippen LogP contribution in [0, 0.1) is 6.92 Å². The number of aromatic nitrogens is 2. The first-order chi connectivity index (χ1) is 14.9. The quantitative estimate of drug-likeness (QED) is 0.523. The summed E-state index contributed by atoms with van der Waals surface area (Å²) in [6.07, 6.45) is -2.22. The van der Waals surface area contributed by atoms with Crippen molar-refractivity contribution in [2.45, 2.75) is 31.0 Å². The largest absolute Gasteiger partial charge is 0.420 e. The molecule has 170 valence electrons. The van der Waals surface area contributed by atoms with Crippen LogP contribution in [-0.2, 0) is 29.0 Å². The summed E-state index contributed by atoms with van der Waals surface area (Å²) in [7, 11) is -3.59. The van der Waals surface area contributed by atoms with Crippen LogP contribution < -0.4 is 10.6 Å². The van der Waals surface area contributed by atoms with E-state index in [0.717, 1.165) is 41.7 Å². The Labute approximate surface area is 191 Å². The lowest BCUT2D eigenvalue weighted by Gasteiger charge is -2.19. The standard InChI is InChI=1S/C20H18ClF3N4O2S2/c1-10-17(32(2,29)30)7-16(31-10)18-13(20(22,23)24)9-26-19(28-18)27-15-6-11-3-4-25-8-12(11)5-14(15)21/h5-7,9,25H,3-4,8H2,1-2H3,(H,26,27,28). The molecule has 2 aromatic heterocycles. The van der Waals surface area contributed by atoms with E-state index in [1.165, 1.54) is 6.07 Å². The Kier molecular flexibility index (Phi) is 5.95. The van der Waals surface area contributed by atoms with Crippen LogP contribution in [0.1, 0.15) is 21.6 Å². The zero-order chi connectivity index (χ0) is 23.3. The third kappa shape index (κ3) is 4.61. The molecule has 12 heteroatoms. The van der Waals surface area contributed by atoms with Crippen LogP contribution in [-0.4, -0.2) is 31.2 Å². The third-order valence-electron chi connectivity index (χ3n) is 5.02. The minimum Gasteiger partial charge on any atom is -0.323 e. The molecule has 0 atom stereocenters. The number of nitrogens with one attached hydrogen (secondary N) is 2. The summed E-state index contributed by atoms with van der Waals surface area (Å²) in [5.74, 6) is -0.0734. The lowest BCUT2D eigenvalue weighted by Crippen LogP contribution is -2.23.